The molecule has 0 radical (unpaired) electrons. The largest absolute Gasteiger partial charge is 0.465 e. The van der Waals surface area contributed by atoms with Gasteiger partial charge in [-0.25, -0.2) is 4.79 Å². The number of carbonyl (C=O) groups excluding carboxylic acids is 2. The number of nitrogens with zero attached hydrogens (tertiary/aromatic N) is 1. The minimum atomic E-state index is -0.305. The molecular weight excluding hydrogens is 460 g/mol. The van der Waals surface area contributed by atoms with E-state index in [-0.39, 0.29) is 29.1 Å². The lowest BCUT2D eigenvalue weighted by molar-refractivity contribution is -0.123. The van der Waals surface area contributed by atoms with Crippen molar-refractivity contribution in [3.63, 3.8) is 0 Å². The molecule has 1 saturated heterocycles. The van der Waals surface area contributed by atoms with E-state index in [4.69, 9.17) is 4.74 Å². The van der Waals surface area contributed by atoms with E-state index in [1.807, 2.05) is 36.4 Å². The Hall–Kier alpha value is -3.44. The normalized spacial score (nSPS) is 18.5. The number of nitrogens with one attached hydrogen (secondary N) is 1. The van der Waals surface area contributed by atoms with Gasteiger partial charge in [0.2, 0.25) is 5.91 Å². The van der Waals surface area contributed by atoms with Crippen LogP contribution in [0.25, 0.3) is 0 Å². The second-order valence-corrected chi connectivity index (χ2v) is 10.5. The molecule has 1 unspecified atom stereocenters. The van der Waals surface area contributed by atoms with E-state index < -0.39 is 0 Å². The zero-order valence-electron chi connectivity index (χ0n) is 21.6. The van der Waals surface area contributed by atoms with Crippen LogP contribution in [0.5, 0.6) is 0 Å². The van der Waals surface area contributed by atoms with Crippen LogP contribution in [0.15, 0.2) is 84.9 Å². The third-order valence-corrected chi connectivity index (χ3v) is 8.28. The van der Waals surface area contributed by atoms with Gasteiger partial charge < -0.3 is 10.1 Å². The predicted molar refractivity (Wildman–Crippen MR) is 145 cm³/mol. The molecule has 2 fully saturated rings. The van der Waals surface area contributed by atoms with Crippen molar-refractivity contribution in [2.75, 3.05) is 26.7 Å². The SMILES string of the molecule is COC(=O)c1ccc(CN2CCC3(CC2)CC3C(=O)NCCC(c2ccccc2)c2ccccc2)cc1. The molecule has 2 aliphatic rings. The molecule has 1 spiro atoms. The second kappa shape index (κ2) is 11.3. The van der Waals surface area contributed by atoms with E-state index in [2.05, 4.69) is 58.7 Å². The molecule has 1 aliphatic heterocycles. The van der Waals surface area contributed by atoms with Gasteiger partial charge in [-0.15, -0.1) is 0 Å². The number of piperidine rings is 1. The first-order chi connectivity index (χ1) is 18.1. The Morgan fingerprint density at radius 1 is 0.919 bits per heavy atom. The summed E-state index contributed by atoms with van der Waals surface area (Å²) in [7, 11) is 1.40. The Balaban J connectivity index is 1.09. The molecule has 1 saturated carbocycles. The molecular formula is C32H36N2O3. The lowest BCUT2D eigenvalue weighted by Crippen LogP contribution is -2.37. The Kier molecular flexibility index (Phi) is 7.71. The number of rotatable bonds is 9. The van der Waals surface area contributed by atoms with Crippen molar-refractivity contribution in [1.82, 2.24) is 10.2 Å². The molecule has 192 valence electrons. The summed E-state index contributed by atoms with van der Waals surface area (Å²) in [5.74, 6) is 0.355. The van der Waals surface area contributed by atoms with Crippen molar-refractivity contribution >= 4 is 11.9 Å². The van der Waals surface area contributed by atoms with Crippen LogP contribution in [-0.2, 0) is 16.1 Å². The number of esters is 1. The number of carbonyl (C=O) groups is 2. The molecule has 0 aromatic heterocycles. The molecule has 3 aromatic rings. The number of methoxy groups -OCH3 is 1. The summed E-state index contributed by atoms with van der Waals surface area (Å²) in [4.78, 5) is 27.2. The smallest absolute Gasteiger partial charge is 0.337 e. The van der Waals surface area contributed by atoms with Gasteiger partial charge in [-0.2, -0.15) is 0 Å². The van der Waals surface area contributed by atoms with Crippen molar-refractivity contribution in [2.45, 2.75) is 38.1 Å². The predicted octanol–water partition coefficient (Wildman–Crippen LogP) is 5.41. The molecule has 3 aromatic carbocycles. The topological polar surface area (TPSA) is 58.6 Å². The molecule has 1 N–H and O–H groups in total. The van der Waals surface area contributed by atoms with Gasteiger partial charge in [0.1, 0.15) is 0 Å². The Morgan fingerprint density at radius 2 is 1.51 bits per heavy atom. The number of hydrogen-bond acceptors (Lipinski definition) is 4. The third kappa shape index (κ3) is 5.94. The van der Waals surface area contributed by atoms with Gasteiger partial charge in [0.05, 0.1) is 12.7 Å². The summed E-state index contributed by atoms with van der Waals surface area (Å²) in [6.45, 7) is 3.57. The number of amides is 1. The monoisotopic (exact) mass is 496 g/mol. The lowest BCUT2D eigenvalue weighted by atomic mass is 9.88. The number of ether oxygens (including phenoxy) is 1. The highest BCUT2D eigenvalue weighted by molar-refractivity contribution is 5.89. The fourth-order valence-corrected chi connectivity index (χ4v) is 5.91. The summed E-state index contributed by atoms with van der Waals surface area (Å²) >= 11 is 0. The first-order valence-corrected chi connectivity index (χ1v) is 13.4. The maximum atomic E-state index is 13.1. The fourth-order valence-electron chi connectivity index (χ4n) is 5.91. The van der Waals surface area contributed by atoms with Crippen LogP contribution in [0.3, 0.4) is 0 Å². The van der Waals surface area contributed by atoms with Gasteiger partial charge >= 0.3 is 5.97 Å². The molecule has 1 amide bonds. The number of likely N-dealkylation sites (tertiary alicyclic amines) is 1. The Labute approximate surface area is 219 Å². The minimum absolute atomic E-state index is 0.154. The first-order valence-electron chi connectivity index (χ1n) is 13.4. The second-order valence-electron chi connectivity index (χ2n) is 10.5. The summed E-state index contributed by atoms with van der Waals surface area (Å²) in [5, 5.41) is 3.27. The number of hydrogen-bond donors (Lipinski definition) is 1. The van der Waals surface area contributed by atoms with Crippen molar-refractivity contribution in [1.29, 1.82) is 0 Å². The van der Waals surface area contributed by atoms with E-state index in [1.54, 1.807) is 0 Å². The average Bonchev–Trinajstić information content (AvgIpc) is 3.66. The fraction of sp³-hybridized carbons (Fsp3) is 0.375. The summed E-state index contributed by atoms with van der Waals surface area (Å²) < 4.78 is 4.78. The molecule has 0 bridgehead atoms. The minimum Gasteiger partial charge on any atom is -0.465 e. The van der Waals surface area contributed by atoms with Crippen LogP contribution >= 0.6 is 0 Å². The molecule has 1 aliphatic carbocycles. The van der Waals surface area contributed by atoms with Gasteiger partial charge in [0.15, 0.2) is 0 Å². The molecule has 5 rings (SSSR count). The van der Waals surface area contributed by atoms with Crippen LogP contribution in [0, 0.1) is 11.3 Å². The Morgan fingerprint density at radius 3 is 2.08 bits per heavy atom. The maximum absolute atomic E-state index is 13.1. The zero-order chi connectivity index (χ0) is 25.7. The van der Waals surface area contributed by atoms with Crippen LogP contribution < -0.4 is 5.32 Å². The van der Waals surface area contributed by atoms with E-state index >= 15 is 0 Å². The third-order valence-electron chi connectivity index (χ3n) is 8.28. The van der Waals surface area contributed by atoms with Crippen molar-refractivity contribution in [2.24, 2.45) is 11.3 Å². The summed E-state index contributed by atoms with van der Waals surface area (Å²) in [5.41, 5.74) is 4.54. The van der Waals surface area contributed by atoms with Gasteiger partial charge in [-0.3, -0.25) is 9.69 Å². The van der Waals surface area contributed by atoms with Gasteiger partial charge in [0, 0.05) is 24.9 Å². The highest BCUT2D eigenvalue weighted by Crippen LogP contribution is 2.59. The molecule has 1 heterocycles. The van der Waals surface area contributed by atoms with Crippen LogP contribution in [0.4, 0.5) is 0 Å². The summed E-state index contributed by atoms with van der Waals surface area (Å²) in [6.07, 6.45) is 4.05. The number of benzene rings is 3. The van der Waals surface area contributed by atoms with E-state index in [9.17, 15) is 9.59 Å². The van der Waals surface area contributed by atoms with Crippen molar-refractivity contribution in [3.8, 4) is 0 Å². The highest BCUT2D eigenvalue weighted by atomic mass is 16.5. The Bertz CT molecular complexity index is 1150. The standard InChI is InChI=1S/C32H36N2O3/c1-37-31(36)27-14-12-24(13-15-27)23-34-20-17-32(18-21-34)22-29(32)30(35)33-19-16-28(25-8-4-2-5-9-25)26-10-6-3-7-11-26/h2-15,28-29H,16-23H2,1H3,(H,33,35). The van der Waals surface area contributed by atoms with E-state index in [0.717, 1.165) is 45.3 Å². The molecule has 5 heteroatoms. The molecule has 5 nitrogen and oxygen atoms in total. The maximum Gasteiger partial charge on any atom is 0.337 e. The van der Waals surface area contributed by atoms with Gasteiger partial charge in [-0.05, 0) is 73.0 Å². The highest BCUT2D eigenvalue weighted by Gasteiger charge is 2.58. The van der Waals surface area contributed by atoms with E-state index in [0.29, 0.717) is 12.1 Å². The van der Waals surface area contributed by atoms with Crippen molar-refractivity contribution in [3.05, 3.63) is 107 Å². The quantitative estimate of drug-likeness (QED) is 0.402. The average molecular weight is 497 g/mol. The first kappa shape index (κ1) is 25.2. The van der Waals surface area contributed by atoms with E-state index in [1.165, 1.54) is 23.8 Å². The van der Waals surface area contributed by atoms with Crippen molar-refractivity contribution < 1.29 is 14.3 Å². The van der Waals surface area contributed by atoms with Gasteiger partial charge in [-0.1, -0.05) is 72.8 Å². The molecule has 1 atom stereocenters. The van der Waals surface area contributed by atoms with Crippen LogP contribution in [0.2, 0.25) is 0 Å². The van der Waals surface area contributed by atoms with Gasteiger partial charge in [0.25, 0.3) is 0 Å². The lowest BCUT2D eigenvalue weighted by Gasteiger charge is -2.32. The van der Waals surface area contributed by atoms with Crippen LogP contribution in [-0.4, -0.2) is 43.5 Å². The molecule has 37 heavy (non-hydrogen) atoms. The summed E-state index contributed by atoms with van der Waals surface area (Å²) in [6, 6.07) is 28.8. The van der Waals surface area contributed by atoms with Crippen LogP contribution in [0.1, 0.15) is 58.6 Å². The zero-order valence-corrected chi connectivity index (χ0v) is 21.6.